The number of aromatic hydroxyl groups is 1. The first-order chi connectivity index (χ1) is 36.3. The molecule has 4 fully saturated rings. The molecule has 3 unspecified atom stereocenters. The summed E-state index contributed by atoms with van der Waals surface area (Å²) in [4.78, 5) is 77.4. The number of rotatable bonds is 14. The maximum Gasteiger partial charge on any atom is 0.471 e. The van der Waals surface area contributed by atoms with Crippen LogP contribution in [0.1, 0.15) is 131 Å². The van der Waals surface area contributed by atoms with Gasteiger partial charge in [0.1, 0.15) is 23.7 Å². The quantitative estimate of drug-likeness (QED) is 0.0409. The summed E-state index contributed by atoms with van der Waals surface area (Å²) in [7, 11) is -4.49. The molecule has 1 spiro atoms. The first-order valence-corrected chi connectivity index (χ1v) is 28.0. The molecule has 4 aliphatic heterocycles. The summed E-state index contributed by atoms with van der Waals surface area (Å²) in [5, 5.41) is 13.4. The van der Waals surface area contributed by atoms with E-state index in [1.54, 1.807) is 23.1 Å². The van der Waals surface area contributed by atoms with E-state index in [-0.39, 0.29) is 29.1 Å². The van der Waals surface area contributed by atoms with E-state index in [4.69, 9.17) is 48.1 Å². The van der Waals surface area contributed by atoms with Crippen molar-refractivity contribution < 1.29 is 43.1 Å². The second-order valence-electron chi connectivity index (χ2n) is 23.1. The highest BCUT2D eigenvalue weighted by Crippen LogP contribution is 2.51. The van der Waals surface area contributed by atoms with Crippen molar-refractivity contribution >= 4 is 49.2 Å². The minimum absolute atomic E-state index is 0.0419. The molecule has 4 aromatic rings. The summed E-state index contributed by atoms with van der Waals surface area (Å²) >= 11 is 0. The van der Waals surface area contributed by atoms with Crippen molar-refractivity contribution in [3.8, 4) is 18.1 Å². The van der Waals surface area contributed by atoms with Crippen LogP contribution in [0.2, 0.25) is 0 Å². The van der Waals surface area contributed by atoms with Gasteiger partial charge in [-0.1, -0.05) is 51.0 Å². The number of terminal acetylenes is 1. The topological polar surface area (TPSA) is 292 Å². The smallest absolute Gasteiger partial charge is 0.471 e. The molecule has 9 rings (SSSR count). The number of carbonyl (C=O) groups excluding carboxylic acids is 3. The molecule has 2 aromatic carbocycles. The number of nitrogens with two attached hydrogens (primary N) is 3. The number of phenolic OH excluding ortho intramolecular Hbond substituents is 1. The van der Waals surface area contributed by atoms with Gasteiger partial charge in [-0.25, -0.2) is 19.3 Å². The third-order valence-electron chi connectivity index (χ3n) is 16.0. The summed E-state index contributed by atoms with van der Waals surface area (Å²) in [6.45, 7) is 15.8. The molecular weight excluding hydrogens is 1000 g/mol. The van der Waals surface area contributed by atoms with Crippen molar-refractivity contribution in [2.75, 3.05) is 56.7 Å². The summed E-state index contributed by atoms with van der Waals surface area (Å²) < 4.78 is 20.1. The van der Waals surface area contributed by atoms with Crippen molar-refractivity contribution in [2.24, 2.45) is 22.3 Å². The summed E-state index contributed by atoms with van der Waals surface area (Å²) in [5.74, 6) is 3.57. The highest BCUT2D eigenvalue weighted by Gasteiger charge is 2.56. The van der Waals surface area contributed by atoms with E-state index in [2.05, 4.69) is 37.5 Å². The summed E-state index contributed by atoms with van der Waals surface area (Å²) in [6.07, 6.45) is 18.0. The Morgan fingerprint density at radius 3 is 2.26 bits per heavy atom. The Balaban J connectivity index is 0.000000350. The fourth-order valence-corrected chi connectivity index (χ4v) is 12.0. The molecule has 6 heterocycles. The fourth-order valence-electron chi connectivity index (χ4n) is 11.8. The number of hydrogen-bond donors (Lipinski definition) is 8. The molecule has 0 radical (unpaired) electrons. The molecule has 11 N–H and O–H groups in total. The van der Waals surface area contributed by atoms with E-state index >= 15 is 0 Å². The number of urea groups is 1. The normalized spacial score (nSPS) is 20.6. The number of ether oxygens (including phenoxy) is 1. The summed E-state index contributed by atoms with van der Waals surface area (Å²) in [6, 6.07) is 13.4. The number of aromatic amines is 1. The lowest BCUT2D eigenvalue weighted by Crippen LogP contribution is -2.70. The zero-order valence-electron chi connectivity index (χ0n) is 45.1. The number of para-hydroxylation sites is 1. The Kier molecular flexibility index (Phi) is 16.8. The Morgan fingerprint density at radius 2 is 1.65 bits per heavy atom. The van der Waals surface area contributed by atoms with Crippen molar-refractivity contribution in [1.29, 1.82) is 0 Å². The van der Waals surface area contributed by atoms with Crippen LogP contribution in [0.15, 0.2) is 60.9 Å². The van der Waals surface area contributed by atoms with Crippen LogP contribution >= 0.6 is 7.82 Å². The number of amides is 4. The fraction of sp³-hybridized carbons (Fsp3) is 0.518. The largest absolute Gasteiger partial charge is 0.507 e. The lowest BCUT2D eigenvalue weighted by molar-refractivity contribution is -0.141. The van der Waals surface area contributed by atoms with Crippen LogP contribution in [0.25, 0.3) is 11.8 Å². The van der Waals surface area contributed by atoms with E-state index < -0.39 is 43.6 Å². The minimum atomic E-state index is -4.49. The molecule has 1 saturated carbocycles. The number of primary amides is 1. The van der Waals surface area contributed by atoms with Gasteiger partial charge in [-0.05, 0) is 125 Å². The molecule has 2 aromatic heterocycles. The molecule has 21 heteroatoms. The number of carbonyl (C=O) groups is 3. The van der Waals surface area contributed by atoms with Gasteiger partial charge >= 0.3 is 13.9 Å². The zero-order valence-corrected chi connectivity index (χ0v) is 46.0. The van der Waals surface area contributed by atoms with Crippen LogP contribution in [0.4, 0.5) is 16.6 Å². The average Bonchev–Trinajstić information content (AvgIpc) is 4.00. The molecule has 414 valence electrons. The monoisotopic (exact) mass is 1080 g/mol. The van der Waals surface area contributed by atoms with Crippen LogP contribution in [0.5, 0.6) is 5.75 Å². The molecule has 4 amide bonds. The van der Waals surface area contributed by atoms with Gasteiger partial charge in [-0.3, -0.25) is 14.1 Å². The Labute approximate surface area is 451 Å². The second kappa shape index (κ2) is 22.9. The zero-order chi connectivity index (χ0) is 55.6. The molecule has 5 aliphatic rings. The number of phosphoric ester groups is 1. The van der Waals surface area contributed by atoms with Crippen LogP contribution < -0.4 is 27.4 Å². The average molecular weight is 1080 g/mol. The number of likely N-dealkylation sites (tertiary alicyclic amines) is 3. The van der Waals surface area contributed by atoms with Gasteiger partial charge < -0.3 is 66.7 Å². The molecule has 3 atom stereocenters. The number of phosphoric acid groups is 1. The number of phenols is 1. The number of hydrogen-bond acceptors (Lipinski definition) is 13. The number of nitrogen functional groups attached to an aromatic ring is 1. The van der Waals surface area contributed by atoms with Crippen molar-refractivity contribution in [1.82, 2.24) is 35.0 Å². The first-order valence-electron chi connectivity index (χ1n) is 26.5. The number of benzene rings is 2. The standard InChI is InChI=1S/C43H59N11O4.C13H17O5P/c1-25-35-30(18-31(44)29-8-5-6-10-34(29)55)37(45)49-32(35)13-17-53(25)40-47-21-27(22-48-40)26-11-15-51(16-12-26)28-19-43(20-28)23-52(24-43)41(58)50-36(42(2,3)4)39(57)54-14-7-9-33(54)38(46)56;1-4-11-5-7-12(8-6-11)9-13(2,3)17-10-18-19(14,15)16/h5-6,8,10,18,21-22,25-26,28,33,36,49,55H,7,9,11-17,19-20,23-24,44-45H2,1-4H3,(H2,46,56)(H,50,58);1,5-8H,9-10H2,2-3H3,(H2,14,15,16)/b31-18-;. The predicted molar refractivity (Wildman–Crippen MR) is 294 cm³/mol. The molecule has 0 bridgehead atoms. The lowest BCUT2D eigenvalue weighted by Gasteiger charge is -2.61. The number of H-pyrrole nitrogens is 1. The maximum absolute atomic E-state index is 13.6. The van der Waals surface area contributed by atoms with E-state index in [0.29, 0.717) is 67.5 Å². The van der Waals surface area contributed by atoms with Crippen LogP contribution in [-0.2, 0) is 36.3 Å². The van der Waals surface area contributed by atoms with Crippen LogP contribution in [0, 0.1) is 23.2 Å². The van der Waals surface area contributed by atoms with Crippen LogP contribution in [-0.4, -0.2) is 132 Å². The number of nitrogens with zero attached hydrogens (tertiary/aromatic N) is 6. The van der Waals surface area contributed by atoms with E-state index in [1.807, 2.05) is 88.3 Å². The summed E-state index contributed by atoms with van der Waals surface area (Å²) in [5.41, 5.74) is 24.5. The van der Waals surface area contributed by atoms with E-state index in [0.717, 1.165) is 86.1 Å². The number of fused-ring (bicyclic) bond motifs is 1. The number of nitrogens with one attached hydrogen (secondary N) is 2. The lowest BCUT2D eigenvalue weighted by atomic mass is 9.60. The number of aromatic nitrogens is 3. The third-order valence-corrected chi connectivity index (χ3v) is 16.4. The van der Waals surface area contributed by atoms with Gasteiger partial charge in [0.05, 0.1) is 11.6 Å². The van der Waals surface area contributed by atoms with Gasteiger partial charge in [0.25, 0.3) is 0 Å². The van der Waals surface area contributed by atoms with E-state index in [1.165, 1.54) is 5.56 Å². The predicted octanol–water partition coefficient (Wildman–Crippen LogP) is 5.99. The van der Waals surface area contributed by atoms with Crippen molar-refractivity contribution in [2.45, 2.75) is 129 Å². The molecule has 77 heavy (non-hydrogen) atoms. The molecule has 20 nitrogen and oxygen atoms in total. The Bertz CT molecular complexity index is 2890. The molecular formula is C56H76N11O9P. The van der Waals surface area contributed by atoms with E-state index in [9.17, 15) is 24.1 Å². The molecule has 3 saturated heterocycles. The van der Waals surface area contributed by atoms with Gasteiger partial charge in [0.2, 0.25) is 17.8 Å². The highest BCUT2D eigenvalue weighted by molar-refractivity contribution is 7.46. The second-order valence-corrected chi connectivity index (χ2v) is 24.4. The van der Waals surface area contributed by atoms with Gasteiger partial charge in [0, 0.05) is 96.5 Å². The van der Waals surface area contributed by atoms with Crippen molar-refractivity contribution in [3.63, 3.8) is 0 Å². The SMILES string of the molecule is C#Cc1ccc(CC(C)(C)OCOP(=O)(O)O)cc1.CC1c2c([nH]c(N)c2/C=C(\N)c2ccccc2O)CCN1c1ncc(C2CCN(C3CC4(C3)CN(C(=O)NC(C(=O)N3CCCC3C(N)=O)C(C)(C)C)C4)CC2)cn1. The first kappa shape index (κ1) is 56.7. The van der Waals surface area contributed by atoms with Crippen molar-refractivity contribution in [3.05, 3.63) is 100.0 Å². The number of anilines is 2. The van der Waals surface area contributed by atoms with Gasteiger partial charge in [0.15, 0.2) is 6.79 Å². The number of piperidine rings is 1. The van der Waals surface area contributed by atoms with Gasteiger partial charge in [-0.2, -0.15) is 0 Å². The Hall–Kier alpha value is -6.46. The van der Waals surface area contributed by atoms with Gasteiger partial charge in [-0.15, -0.1) is 6.42 Å². The highest BCUT2D eigenvalue weighted by atomic mass is 31.2. The third kappa shape index (κ3) is 13.3. The molecule has 1 aliphatic carbocycles. The Morgan fingerprint density at radius 1 is 0.987 bits per heavy atom. The van der Waals surface area contributed by atoms with Crippen LogP contribution in [0.3, 0.4) is 0 Å². The maximum atomic E-state index is 13.6. The minimum Gasteiger partial charge on any atom is -0.507 e.